The van der Waals surface area contributed by atoms with Crippen LogP contribution in [0, 0.1) is 13.8 Å². The molecule has 2 N–H and O–H groups in total. The van der Waals surface area contributed by atoms with Crippen molar-refractivity contribution in [3.63, 3.8) is 0 Å². The number of fused-ring (bicyclic) bond motifs is 3. The normalized spacial score (nSPS) is 11.3. The van der Waals surface area contributed by atoms with E-state index >= 15 is 0 Å². The Kier molecular flexibility index (Phi) is 4.11. The number of hydrogen-bond acceptors (Lipinski definition) is 5. The minimum absolute atomic E-state index is 0.631. The first-order valence-corrected chi connectivity index (χ1v) is 9.12. The maximum atomic E-state index is 4.80. The van der Waals surface area contributed by atoms with Gasteiger partial charge >= 0.3 is 0 Å². The SMILES string of the molecule is CNCc1cc2c(ccc3cnc(Nc4cc(C)cc(C)c4)nc32)s1. The fourth-order valence-corrected chi connectivity index (χ4v) is 4.24. The molecule has 0 unspecified atom stereocenters. The number of rotatable bonds is 4. The van der Waals surface area contributed by atoms with E-state index in [1.54, 1.807) is 0 Å². The van der Waals surface area contributed by atoms with Crippen molar-refractivity contribution in [2.75, 3.05) is 12.4 Å². The quantitative estimate of drug-likeness (QED) is 0.549. The van der Waals surface area contributed by atoms with Crippen molar-refractivity contribution in [2.45, 2.75) is 20.4 Å². The molecule has 4 rings (SSSR count). The summed E-state index contributed by atoms with van der Waals surface area (Å²) in [5.74, 6) is 0.631. The van der Waals surface area contributed by atoms with Gasteiger partial charge in [0.15, 0.2) is 0 Å². The average Bonchev–Trinajstić information content (AvgIpc) is 2.97. The summed E-state index contributed by atoms with van der Waals surface area (Å²) in [6.07, 6.45) is 1.89. The Bertz CT molecular complexity index is 1050. The molecule has 0 bridgehead atoms. The van der Waals surface area contributed by atoms with Gasteiger partial charge in [-0.1, -0.05) is 6.07 Å². The number of nitrogens with one attached hydrogen (secondary N) is 2. The number of aromatic nitrogens is 2. The lowest BCUT2D eigenvalue weighted by molar-refractivity contribution is 0.832. The second kappa shape index (κ2) is 6.43. The fourth-order valence-electron chi connectivity index (χ4n) is 3.16. The summed E-state index contributed by atoms with van der Waals surface area (Å²) < 4.78 is 1.26. The molecule has 0 fully saturated rings. The summed E-state index contributed by atoms with van der Waals surface area (Å²) in [7, 11) is 1.97. The summed E-state index contributed by atoms with van der Waals surface area (Å²) >= 11 is 1.81. The molecule has 0 spiro atoms. The second-order valence-electron chi connectivity index (χ2n) is 6.35. The molecule has 5 heteroatoms. The fraction of sp³-hybridized carbons (Fsp3) is 0.200. The molecule has 0 saturated heterocycles. The average molecular weight is 348 g/mol. The predicted octanol–water partition coefficient (Wildman–Crippen LogP) is 4.92. The van der Waals surface area contributed by atoms with E-state index in [1.165, 1.54) is 26.1 Å². The van der Waals surface area contributed by atoms with Crippen LogP contribution in [0.4, 0.5) is 11.6 Å². The molecule has 2 aromatic heterocycles. The minimum atomic E-state index is 0.631. The Labute approximate surface area is 150 Å². The Balaban J connectivity index is 1.78. The molecule has 0 aliphatic carbocycles. The van der Waals surface area contributed by atoms with E-state index in [4.69, 9.17) is 4.98 Å². The monoisotopic (exact) mass is 348 g/mol. The highest BCUT2D eigenvalue weighted by Gasteiger charge is 2.09. The lowest BCUT2D eigenvalue weighted by Gasteiger charge is -2.08. The molecule has 2 heterocycles. The van der Waals surface area contributed by atoms with Crippen LogP contribution in [0.25, 0.3) is 21.0 Å². The molecule has 0 amide bonds. The van der Waals surface area contributed by atoms with E-state index < -0.39 is 0 Å². The summed E-state index contributed by atoms with van der Waals surface area (Å²) in [6, 6.07) is 12.9. The standard InChI is InChI=1S/C20H20N4S/c1-12-6-13(2)8-15(7-12)23-20-22-10-14-4-5-18-17(19(14)24-20)9-16(25-18)11-21-3/h4-10,21H,11H2,1-3H3,(H,22,23,24). The molecule has 0 aliphatic heterocycles. The summed E-state index contributed by atoms with van der Waals surface area (Å²) in [5.41, 5.74) is 4.46. The van der Waals surface area contributed by atoms with Gasteiger partial charge in [0.2, 0.25) is 5.95 Å². The van der Waals surface area contributed by atoms with Crippen LogP contribution in [0.15, 0.2) is 42.6 Å². The van der Waals surface area contributed by atoms with Crippen molar-refractivity contribution in [3.8, 4) is 0 Å². The van der Waals surface area contributed by atoms with Crippen LogP contribution in [0.5, 0.6) is 0 Å². The third-order valence-electron chi connectivity index (χ3n) is 4.13. The molecule has 2 aromatic carbocycles. The van der Waals surface area contributed by atoms with Gasteiger partial charge in [0.05, 0.1) is 5.52 Å². The second-order valence-corrected chi connectivity index (χ2v) is 7.52. The minimum Gasteiger partial charge on any atom is -0.324 e. The van der Waals surface area contributed by atoms with E-state index in [0.29, 0.717) is 5.95 Å². The number of nitrogens with zero attached hydrogens (tertiary/aromatic N) is 2. The first-order chi connectivity index (χ1) is 12.1. The molecule has 0 aliphatic rings. The topological polar surface area (TPSA) is 49.8 Å². The van der Waals surface area contributed by atoms with Crippen molar-refractivity contribution >= 4 is 44.0 Å². The van der Waals surface area contributed by atoms with Gasteiger partial charge in [-0.15, -0.1) is 11.3 Å². The zero-order valence-corrected chi connectivity index (χ0v) is 15.4. The van der Waals surface area contributed by atoms with Gasteiger partial charge in [0.25, 0.3) is 0 Å². The summed E-state index contributed by atoms with van der Waals surface area (Å²) in [6.45, 7) is 5.06. The lowest BCUT2D eigenvalue weighted by Crippen LogP contribution is -2.02. The lowest BCUT2D eigenvalue weighted by atomic mass is 10.1. The third-order valence-corrected chi connectivity index (χ3v) is 5.23. The van der Waals surface area contributed by atoms with Crippen molar-refractivity contribution in [1.82, 2.24) is 15.3 Å². The largest absolute Gasteiger partial charge is 0.324 e. The van der Waals surface area contributed by atoms with Gasteiger partial charge in [0, 0.05) is 38.8 Å². The van der Waals surface area contributed by atoms with Crippen molar-refractivity contribution in [1.29, 1.82) is 0 Å². The van der Waals surface area contributed by atoms with E-state index in [2.05, 4.69) is 65.9 Å². The molecule has 4 nitrogen and oxygen atoms in total. The Hall–Kier alpha value is -2.50. The van der Waals surface area contributed by atoms with Gasteiger partial charge < -0.3 is 10.6 Å². The highest BCUT2D eigenvalue weighted by Crippen LogP contribution is 2.31. The van der Waals surface area contributed by atoms with Crippen LogP contribution >= 0.6 is 11.3 Å². The highest BCUT2D eigenvalue weighted by molar-refractivity contribution is 7.19. The molecular weight excluding hydrogens is 328 g/mol. The maximum absolute atomic E-state index is 4.80. The highest BCUT2D eigenvalue weighted by atomic mass is 32.1. The molecule has 25 heavy (non-hydrogen) atoms. The van der Waals surface area contributed by atoms with E-state index in [0.717, 1.165) is 23.1 Å². The Morgan fingerprint density at radius 2 is 1.84 bits per heavy atom. The van der Waals surface area contributed by atoms with E-state index in [9.17, 15) is 0 Å². The van der Waals surface area contributed by atoms with Crippen molar-refractivity contribution < 1.29 is 0 Å². The molecule has 0 saturated carbocycles. The molecule has 0 atom stereocenters. The van der Waals surface area contributed by atoms with Crippen molar-refractivity contribution in [3.05, 3.63) is 58.6 Å². The number of benzene rings is 2. The van der Waals surface area contributed by atoms with Gasteiger partial charge in [-0.3, -0.25) is 0 Å². The zero-order valence-electron chi connectivity index (χ0n) is 14.6. The van der Waals surface area contributed by atoms with Gasteiger partial charge in [-0.05, 0) is 62.4 Å². The molecule has 126 valence electrons. The summed E-state index contributed by atoms with van der Waals surface area (Å²) in [4.78, 5) is 10.6. The molecular formula is C20H20N4S. The third kappa shape index (κ3) is 3.21. The zero-order chi connectivity index (χ0) is 17.4. The first-order valence-electron chi connectivity index (χ1n) is 8.30. The van der Waals surface area contributed by atoms with Crippen LogP contribution in [-0.4, -0.2) is 17.0 Å². The van der Waals surface area contributed by atoms with Crippen LogP contribution in [-0.2, 0) is 6.54 Å². The van der Waals surface area contributed by atoms with Gasteiger partial charge in [0.1, 0.15) is 0 Å². The van der Waals surface area contributed by atoms with Crippen LogP contribution in [0.2, 0.25) is 0 Å². The van der Waals surface area contributed by atoms with Crippen LogP contribution in [0.1, 0.15) is 16.0 Å². The summed E-state index contributed by atoms with van der Waals surface area (Å²) in [5, 5.41) is 8.81. The number of aryl methyl sites for hydroxylation is 2. The number of hydrogen-bond donors (Lipinski definition) is 2. The van der Waals surface area contributed by atoms with Gasteiger partial charge in [-0.2, -0.15) is 0 Å². The van der Waals surface area contributed by atoms with E-state index in [-0.39, 0.29) is 0 Å². The smallest absolute Gasteiger partial charge is 0.227 e. The predicted molar refractivity (Wildman–Crippen MR) is 107 cm³/mol. The Morgan fingerprint density at radius 3 is 2.60 bits per heavy atom. The molecule has 4 aromatic rings. The maximum Gasteiger partial charge on any atom is 0.227 e. The first kappa shape index (κ1) is 16.0. The van der Waals surface area contributed by atoms with Crippen molar-refractivity contribution in [2.24, 2.45) is 0 Å². The van der Waals surface area contributed by atoms with E-state index in [1.807, 2.05) is 24.6 Å². The number of thiophene rings is 1. The Morgan fingerprint density at radius 1 is 1.04 bits per heavy atom. The number of anilines is 2. The van der Waals surface area contributed by atoms with Gasteiger partial charge in [-0.25, -0.2) is 9.97 Å². The van der Waals surface area contributed by atoms with Crippen LogP contribution in [0.3, 0.4) is 0 Å². The molecule has 0 radical (unpaired) electrons. The van der Waals surface area contributed by atoms with Crippen LogP contribution < -0.4 is 10.6 Å².